The average molecular weight is 491 g/mol. The van der Waals surface area contributed by atoms with Crippen molar-refractivity contribution in [2.45, 2.75) is 24.7 Å². The maximum Gasteiger partial charge on any atom is 0.309 e. The van der Waals surface area contributed by atoms with Gasteiger partial charge >= 0.3 is 5.97 Å². The van der Waals surface area contributed by atoms with Crippen LogP contribution >= 0.6 is 0 Å². The number of amides is 1. The van der Waals surface area contributed by atoms with Crippen LogP contribution in [0.4, 0.5) is 5.69 Å². The Kier molecular flexibility index (Phi) is 8.38. The lowest BCUT2D eigenvalue weighted by atomic mass is 9.97. The first-order chi connectivity index (χ1) is 16.3. The third kappa shape index (κ3) is 5.61. The zero-order valence-electron chi connectivity index (χ0n) is 19.6. The van der Waals surface area contributed by atoms with Gasteiger partial charge in [-0.25, -0.2) is 8.42 Å². The van der Waals surface area contributed by atoms with Gasteiger partial charge in [-0.2, -0.15) is 0 Å². The lowest BCUT2D eigenvalue weighted by molar-refractivity contribution is -0.151. The standard InChI is InChI=1S/C24H30N2O7S/c1-4-33-24(28)18-12-14-25(15-13-18)23(27)17-26(34(29,30)20-8-6-5-7-9-20)21-16-19(31-2)10-11-22(21)32-3/h5-11,16,18H,4,12-15,17H2,1-3H3. The van der Waals surface area contributed by atoms with Crippen molar-refractivity contribution >= 4 is 27.6 Å². The van der Waals surface area contributed by atoms with E-state index >= 15 is 0 Å². The van der Waals surface area contributed by atoms with E-state index in [4.69, 9.17) is 14.2 Å². The number of rotatable bonds is 9. The highest BCUT2D eigenvalue weighted by molar-refractivity contribution is 7.92. The van der Waals surface area contributed by atoms with Crippen molar-refractivity contribution in [3.05, 3.63) is 48.5 Å². The van der Waals surface area contributed by atoms with Gasteiger partial charge in [-0.05, 0) is 44.0 Å². The Balaban J connectivity index is 1.90. The monoisotopic (exact) mass is 490 g/mol. The van der Waals surface area contributed by atoms with Gasteiger partial charge in [0.25, 0.3) is 10.0 Å². The van der Waals surface area contributed by atoms with Gasteiger partial charge < -0.3 is 19.1 Å². The Labute approximate surface area is 200 Å². The number of likely N-dealkylation sites (tertiary alicyclic amines) is 1. The number of nitrogens with zero attached hydrogens (tertiary/aromatic N) is 2. The first kappa shape index (κ1) is 25.4. The third-order valence-corrected chi connectivity index (χ3v) is 7.51. The number of carbonyl (C=O) groups is 2. The molecule has 0 saturated carbocycles. The van der Waals surface area contributed by atoms with Gasteiger partial charge in [-0.15, -0.1) is 0 Å². The van der Waals surface area contributed by atoms with Crippen LogP contribution in [-0.4, -0.2) is 65.7 Å². The van der Waals surface area contributed by atoms with Crippen molar-refractivity contribution in [2.75, 3.05) is 44.8 Å². The summed E-state index contributed by atoms with van der Waals surface area (Å²) in [6, 6.07) is 12.7. The minimum Gasteiger partial charge on any atom is -0.497 e. The smallest absolute Gasteiger partial charge is 0.309 e. The number of carbonyl (C=O) groups excluding carboxylic acids is 2. The normalized spacial score (nSPS) is 14.4. The molecule has 0 radical (unpaired) electrons. The Morgan fingerprint density at radius 1 is 1.03 bits per heavy atom. The second-order valence-corrected chi connectivity index (χ2v) is 9.63. The number of sulfonamides is 1. The molecule has 1 heterocycles. The molecule has 1 amide bonds. The number of piperidine rings is 1. The van der Waals surface area contributed by atoms with Crippen molar-refractivity contribution in [3.8, 4) is 11.5 Å². The van der Waals surface area contributed by atoms with Crippen molar-refractivity contribution in [3.63, 3.8) is 0 Å². The van der Waals surface area contributed by atoms with Crippen LogP contribution < -0.4 is 13.8 Å². The highest BCUT2D eigenvalue weighted by Crippen LogP contribution is 2.36. The van der Waals surface area contributed by atoms with Gasteiger partial charge in [0.15, 0.2) is 0 Å². The number of esters is 1. The topological polar surface area (TPSA) is 102 Å². The molecule has 2 aromatic carbocycles. The van der Waals surface area contributed by atoms with Crippen LogP contribution in [0, 0.1) is 5.92 Å². The molecule has 184 valence electrons. The van der Waals surface area contributed by atoms with E-state index in [2.05, 4.69) is 0 Å². The second kappa shape index (κ2) is 11.2. The lowest BCUT2D eigenvalue weighted by Crippen LogP contribution is -2.46. The summed E-state index contributed by atoms with van der Waals surface area (Å²) in [7, 11) is -1.20. The Bertz CT molecular complexity index is 1100. The minimum absolute atomic E-state index is 0.0497. The molecule has 0 atom stereocenters. The van der Waals surface area contributed by atoms with E-state index in [-0.39, 0.29) is 34.1 Å². The van der Waals surface area contributed by atoms with Crippen LogP contribution in [0.1, 0.15) is 19.8 Å². The number of anilines is 1. The van der Waals surface area contributed by atoms with E-state index in [0.717, 1.165) is 4.31 Å². The number of methoxy groups -OCH3 is 2. The molecular weight excluding hydrogens is 460 g/mol. The van der Waals surface area contributed by atoms with Crippen molar-refractivity contribution in [2.24, 2.45) is 5.92 Å². The van der Waals surface area contributed by atoms with E-state index in [9.17, 15) is 18.0 Å². The number of benzene rings is 2. The van der Waals surface area contributed by atoms with Gasteiger partial charge in [-0.3, -0.25) is 13.9 Å². The Morgan fingerprint density at radius 2 is 1.71 bits per heavy atom. The molecule has 0 unspecified atom stereocenters. The van der Waals surface area contributed by atoms with Crippen LogP contribution in [0.5, 0.6) is 11.5 Å². The first-order valence-corrected chi connectivity index (χ1v) is 12.5. The second-order valence-electron chi connectivity index (χ2n) is 7.77. The van der Waals surface area contributed by atoms with E-state index in [1.807, 2.05) is 0 Å². The molecule has 3 rings (SSSR count). The van der Waals surface area contributed by atoms with Crippen LogP contribution in [-0.2, 0) is 24.3 Å². The van der Waals surface area contributed by atoms with Gasteiger partial charge in [0.2, 0.25) is 5.91 Å². The highest BCUT2D eigenvalue weighted by atomic mass is 32.2. The molecule has 0 spiro atoms. The average Bonchev–Trinajstić information content (AvgIpc) is 2.87. The molecule has 1 saturated heterocycles. The molecule has 0 aliphatic carbocycles. The molecule has 1 fully saturated rings. The zero-order valence-corrected chi connectivity index (χ0v) is 20.4. The maximum atomic E-state index is 13.6. The zero-order chi connectivity index (χ0) is 24.7. The molecule has 0 bridgehead atoms. The van der Waals surface area contributed by atoms with Crippen LogP contribution in [0.25, 0.3) is 0 Å². The summed E-state index contributed by atoms with van der Waals surface area (Å²) >= 11 is 0. The molecule has 34 heavy (non-hydrogen) atoms. The van der Waals surface area contributed by atoms with E-state index in [1.165, 1.54) is 32.4 Å². The first-order valence-electron chi connectivity index (χ1n) is 11.1. The number of hydrogen-bond donors (Lipinski definition) is 0. The van der Waals surface area contributed by atoms with Gasteiger partial charge in [0.05, 0.1) is 37.3 Å². The van der Waals surface area contributed by atoms with Gasteiger partial charge in [0.1, 0.15) is 18.0 Å². The summed E-state index contributed by atoms with van der Waals surface area (Å²) in [4.78, 5) is 26.9. The molecule has 10 heteroatoms. The molecule has 2 aromatic rings. The summed E-state index contributed by atoms with van der Waals surface area (Å²) in [6.07, 6.45) is 0.941. The number of ether oxygens (including phenoxy) is 3. The molecule has 0 aromatic heterocycles. The van der Waals surface area contributed by atoms with Gasteiger partial charge in [0, 0.05) is 19.2 Å². The highest BCUT2D eigenvalue weighted by Gasteiger charge is 2.33. The quantitative estimate of drug-likeness (QED) is 0.498. The van der Waals surface area contributed by atoms with Crippen molar-refractivity contribution < 1.29 is 32.2 Å². The third-order valence-electron chi connectivity index (χ3n) is 5.73. The van der Waals surface area contributed by atoms with E-state index in [0.29, 0.717) is 38.3 Å². The SMILES string of the molecule is CCOC(=O)C1CCN(C(=O)CN(c2cc(OC)ccc2OC)S(=O)(=O)c2ccccc2)CC1. The van der Waals surface area contributed by atoms with Crippen molar-refractivity contribution in [1.29, 1.82) is 0 Å². The van der Waals surface area contributed by atoms with E-state index in [1.54, 1.807) is 42.2 Å². The van der Waals surface area contributed by atoms with Crippen LogP contribution in [0.2, 0.25) is 0 Å². The Hall–Kier alpha value is -3.27. The molecular formula is C24H30N2O7S. The van der Waals surface area contributed by atoms with Crippen LogP contribution in [0.3, 0.4) is 0 Å². The van der Waals surface area contributed by atoms with Gasteiger partial charge in [-0.1, -0.05) is 18.2 Å². The minimum atomic E-state index is -4.10. The largest absolute Gasteiger partial charge is 0.497 e. The molecule has 1 aliphatic rings. The molecule has 1 aliphatic heterocycles. The van der Waals surface area contributed by atoms with E-state index < -0.39 is 16.6 Å². The predicted octanol–water partition coefficient (Wildman–Crippen LogP) is 2.70. The fraction of sp³-hybridized carbons (Fsp3) is 0.417. The maximum absolute atomic E-state index is 13.6. The fourth-order valence-corrected chi connectivity index (χ4v) is 5.30. The van der Waals surface area contributed by atoms with Crippen molar-refractivity contribution in [1.82, 2.24) is 4.90 Å². The summed E-state index contributed by atoms with van der Waals surface area (Å²) in [6.45, 7) is 2.33. The number of hydrogen-bond acceptors (Lipinski definition) is 7. The predicted molar refractivity (Wildman–Crippen MR) is 126 cm³/mol. The summed E-state index contributed by atoms with van der Waals surface area (Å²) in [5.41, 5.74) is 0.195. The lowest BCUT2D eigenvalue weighted by Gasteiger charge is -2.33. The van der Waals surface area contributed by atoms with Crippen LogP contribution in [0.15, 0.2) is 53.4 Å². The molecule has 9 nitrogen and oxygen atoms in total. The summed E-state index contributed by atoms with van der Waals surface area (Å²) < 4.78 is 44.1. The molecule has 0 N–H and O–H groups in total. The fourth-order valence-electron chi connectivity index (χ4n) is 3.86. The summed E-state index contributed by atoms with van der Waals surface area (Å²) in [5.74, 6) is -0.178. The Morgan fingerprint density at radius 3 is 2.29 bits per heavy atom. The summed E-state index contributed by atoms with van der Waals surface area (Å²) in [5, 5.41) is 0.